The summed E-state index contributed by atoms with van der Waals surface area (Å²) in [7, 11) is 1.94. The Kier molecular flexibility index (Phi) is 4.52. The van der Waals surface area contributed by atoms with Crippen LogP contribution in [0.3, 0.4) is 0 Å². The normalized spacial score (nSPS) is 16.0. The van der Waals surface area contributed by atoms with Crippen molar-refractivity contribution in [3.63, 3.8) is 0 Å². The quantitative estimate of drug-likeness (QED) is 0.834. The maximum Gasteiger partial charge on any atom is 0.230 e. The summed E-state index contributed by atoms with van der Waals surface area (Å²) in [6.07, 6.45) is 7.19. The maximum absolute atomic E-state index is 12.1. The third-order valence-corrected chi connectivity index (χ3v) is 5.49. The molecule has 1 fully saturated rings. The van der Waals surface area contributed by atoms with Crippen molar-refractivity contribution in [3.8, 4) is 0 Å². The van der Waals surface area contributed by atoms with Gasteiger partial charge in [-0.05, 0) is 18.4 Å². The second-order valence-electron chi connectivity index (χ2n) is 5.89. The number of imidazole rings is 1. The number of hydrogen-bond acceptors (Lipinski definition) is 3. The van der Waals surface area contributed by atoms with Crippen LogP contribution in [0.4, 0.5) is 0 Å². The second kappa shape index (κ2) is 6.57. The predicted molar refractivity (Wildman–Crippen MR) is 88.9 cm³/mol. The van der Waals surface area contributed by atoms with Gasteiger partial charge in [-0.2, -0.15) is 0 Å². The van der Waals surface area contributed by atoms with Gasteiger partial charge in [0.2, 0.25) is 5.91 Å². The lowest BCUT2D eigenvalue weighted by Gasteiger charge is -2.42. The van der Waals surface area contributed by atoms with Crippen molar-refractivity contribution < 1.29 is 4.79 Å². The molecule has 3 rings (SSSR count). The van der Waals surface area contributed by atoms with Crippen LogP contribution in [-0.4, -0.2) is 27.8 Å². The zero-order valence-corrected chi connectivity index (χ0v) is 13.6. The molecule has 0 spiro atoms. The number of rotatable bonds is 6. The molecule has 1 heterocycles. The SMILES string of the molecule is Cn1ccnc1SCC(=O)NCC1(c2ccccc2)CCC1. The van der Waals surface area contributed by atoms with E-state index in [4.69, 9.17) is 0 Å². The summed E-state index contributed by atoms with van der Waals surface area (Å²) in [5.41, 5.74) is 1.49. The van der Waals surface area contributed by atoms with E-state index in [1.54, 1.807) is 6.20 Å². The van der Waals surface area contributed by atoms with E-state index >= 15 is 0 Å². The van der Waals surface area contributed by atoms with Crippen molar-refractivity contribution in [2.45, 2.75) is 29.8 Å². The first-order valence-corrected chi connectivity index (χ1v) is 8.61. The molecule has 0 bridgehead atoms. The summed E-state index contributed by atoms with van der Waals surface area (Å²) in [5.74, 6) is 0.491. The van der Waals surface area contributed by atoms with E-state index in [1.165, 1.54) is 23.7 Å². The lowest BCUT2D eigenvalue weighted by Crippen LogP contribution is -2.46. The number of hydrogen-bond donors (Lipinski definition) is 1. The molecule has 1 aromatic carbocycles. The molecule has 22 heavy (non-hydrogen) atoms. The Balaban J connectivity index is 1.53. The van der Waals surface area contributed by atoms with Crippen LogP contribution in [0, 0.1) is 0 Å². The van der Waals surface area contributed by atoms with Gasteiger partial charge in [0.05, 0.1) is 5.75 Å². The van der Waals surface area contributed by atoms with Crippen LogP contribution in [0.25, 0.3) is 0 Å². The zero-order valence-electron chi connectivity index (χ0n) is 12.8. The molecule has 116 valence electrons. The number of carbonyl (C=O) groups excluding carboxylic acids is 1. The lowest BCUT2D eigenvalue weighted by molar-refractivity contribution is -0.119. The molecule has 1 amide bonds. The molecule has 0 atom stereocenters. The molecular weight excluding hydrogens is 294 g/mol. The molecule has 0 unspecified atom stereocenters. The van der Waals surface area contributed by atoms with Crippen LogP contribution < -0.4 is 5.32 Å². The van der Waals surface area contributed by atoms with E-state index in [0.717, 1.165) is 24.5 Å². The van der Waals surface area contributed by atoms with Gasteiger partial charge in [-0.15, -0.1) is 0 Å². The van der Waals surface area contributed by atoms with Gasteiger partial charge in [-0.25, -0.2) is 4.98 Å². The highest BCUT2D eigenvalue weighted by Crippen LogP contribution is 2.43. The van der Waals surface area contributed by atoms with E-state index < -0.39 is 0 Å². The number of benzene rings is 1. The van der Waals surface area contributed by atoms with Crippen LogP contribution in [0.15, 0.2) is 47.9 Å². The van der Waals surface area contributed by atoms with Gasteiger partial charge in [0.25, 0.3) is 0 Å². The van der Waals surface area contributed by atoms with Gasteiger partial charge in [0.15, 0.2) is 5.16 Å². The lowest BCUT2D eigenvalue weighted by atomic mass is 9.64. The molecule has 0 saturated heterocycles. The molecular formula is C17H21N3OS. The largest absolute Gasteiger partial charge is 0.354 e. The highest BCUT2D eigenvalue weighted by Gasteiger charge is 2.38. The van der Waals surface area contributed by atoms with Crippen LogP contribution in [0.5, 0.6) is 0 Å². The number of thioether (sulfide) groups is 1. The Morgan fingerprint density at radius 1 is 1.36 bits per heavy atom. The van der Waals surface area contributed by atoms with Crippen LogP contribution in [-0.2, 0) is 17.3 Å². The first kappa shape index (κ1) is 15.2. The minimum Gasteiger partial charge on any atom is -0.354 e. The number of nitrogens with zero attached hydrogens (tertiary/aromatic N) is 2. The van der Waals surface area contributed by atoms with E-state index in [9.17, 15) is 4.79 Å². The van der Waals surface area contributed by atoms with Crippen molar-refractivity contribution in [3.05, 3.63) is 48.3 Å². The van der Waals surface area contributed by atoms with Crippen molar-refractivity contribution in [2.75, 3.05) is 12.3 Å². The standard InChI is InChI=1S/C17H21N3OS/c1-20-11-10-18-16(20)22-12-15(21)19-13-17(8-5-9-17)14-6-3-2-4-7-14/h2-4,6-7,10-11H,5,8-9,12-13H2,1H3,(H,19,21). The molecule has 4 nitrogen and oxygen atoms in total. The molecule has 2 aromatic rings. The number of aromatic nitrogens is 2. The summed E-state index contributed by atoms with van der Waals surface area (Å²) < 4.78 is 1.93. The van der Waals surface area contributed by atoms with Gasteiger partial charge in [-0.1, -0.05) is 48.5 Å². The number of aryl methyl sites for hydroxylation is 1. The van der Waals surface area contributed by atoms with Gasteiger partial charge in [-0.3, -0.25) is 4.79 Å². The minimum atomic E-state index is 0.0789. The number of nitrogens with one attached hydrogen (secondary N) is 1. The van der Waals surface area contributed by atoms with Crippen molar-refractivity contribution in [1.82, 2.24) is 14.9 Å². The highest BCUT2D eigenvalue weighted by molar-refractivity contribution is 7.99. The van der Waals surface area contributed by atoms with Crippen molar-refractivity contribution in [1.29, 1.82) is 0 Å². The van der Waals surface area contributed by atoms with E-state index in [0.29, 0.717) is 5.75 Å². The summed E-state index contributed by atoms with van der Waals surface area (Å²) in [5, 5.41) is 3.98. The van der Waals surface area contributed by atoms with Gasteiger partial charge in [0.1, 0.15) is 0 Å². The van der Waals surface area contributed by atoms with E-state index in [-0.39, 0.29) is 11.3 Å². The fraction of sp³-hybridized carbons (Fsp3) is 0.412. The van der Waals surface area contributed by atoms with E-state index in [2.05, 4.69) is 34.6 Å². The monoisotopic (exact) mass is 315 g/mol. The molecule has 1 N–H and O–H groups in total. The Labute approximate surface area is 135 Å². The smallest absolute Gasteiger partial charge is 0.230 e. The van der Waals surface area contributed by atoms with Crippen LogP contribution in [0.2, 0.25) is 0 Å². The summed E-state index contributed by atoms with van der Waals surface area (Å²) in [6, 6.07) is 10.5. The Hall–Kier alpha value is -1.75. The van der Waals surface area contributed by atoms with Gasteiger partial charge in [0, 0.05) is 31.4 Å². The van der Waals surface area contributed by atoms with Gasteiger partial charge < -0.3 is 9.88 Å². The van der Waals surface area contributed by atoms with E-state index in [1.807, 2.05) is 23.9 Å². The number of carbonyl (C=O) groups is 1. The summed E-state index contributed by atoms with van der Waals surface area (Å²) >= 11 is 1.47. The molecule has 0 aliphatic heterocycles. The van der Waals surface area contributed by atoms with Gasteiger partial charge >= 0.3 is 0 Å². The fourth-order valence-corrected chi connectivity index (χ4v) is 3.66. The first-order chi connectivity index (χ1) is 10.7. The Morgan fingerprint density at radius 2 is 2.14 bits per heavy atom. The van der Waals surface area contributed by atoms with Crippen LogP contribution >= 0.6 is 11.8 Å². The second-order valence-corrected chi connectivity index (χ2v) is 6.83. The summed E-state index contributed by atoms with van der Waals surface area (Å²) in [6.45, 7) is 0.733. The molecule has 0 radical (unpaired) electrons. The third kappa shape index (κ3) is 3.19. The summed E-state index contributed by atoms with van der Waals surface area (Å²) in [4.78, 5) is 16.3. The molecule has 1 aromatic heterocycles. The maximum atomic E-state index is 12.1. The molecule has 1 saturated carbocycles. The van der Waals surface area contributed by atoms with Crippen molar-refractivity contribution >= 4 is 17.7 Å². The minimum absolute atomic E-state index is 0.0789. The van der Waals surface area contributed by atoms with Crippen molar-refractivity contribution in [2.24, 2.45) is 7.05 Å². The molecule has 5 heteroatoms. The average molecular weight is 315 g/mol. The first-order valence-electron chi connectivity index (χ1n) is 7.62. The zero-order chi connectivity index (χ0) is 15.4. The van der Waals surface area contributed by atoms with Crippen LogP contribution in [0.1, 0.15) is 24.8 Å². The Bertz CT molecular complexity index is 634. The third-order valence-electron chi connectivity index (χ3n) is 4.43. The highest BCUT2D eigenvalue weighted by atomic mass is 32.2. The number of amides is 1. The molecule has 1 aliphatic carbocycles. The Morgan fingerprint density at radius 3 is 2.73 bits per heavy atom. The topological polar surface area (TPSA) is 46.9 Å². The fourth-order valence-electron chi connectivity index (χ4n) is 2.90. The average Bonchev–Trinajstić information content (AvgIpc) is 2.90. The molecule has 1 aliphatic rings. The predicted octanol–water partition coefficient (Wildman–Crippen LogP) is 2.75.